The standard InChI is InChI=1S/C17H16N2O2/c1-21-16-9-5-4-8-15(16)19-17(20)10-12-11-18-14-7-3-2-6-13(12)14/h2-9,11,18H,10H2,1H3,(H,19,20). The Morgan fingerprint density at radius 1 is 1.14 bits per heavy atom. The highest BCUT2D eigenvalue weighted by Crippen LogP contribution is 2.24. The Bertz CT molecular complexity index is 777. The van der Waals surface area contributed by atoms with Crippen LogP contribution in [0.4, 0.5) is 5.69 Å². The number of aromatic nitrogens is 1. The second-order valence-electron chi connectivity index (χ2n) is 4.78. The van der Waals surface area contributed by atoms with Crippen molar-refractivity contribution in [1.29, 1.82) is 0 Å². The number of fused-ring (bicyclic) bond motifs is 1. The molecule has 4 nitrogen and oxygen atoms in total. The van der Waals surface area contributed by atoms with E-state index in [1.807, 2.05) is 54.7 Å². The molecule has 2 aromatic carbocycles. The van der Waals surface area contributed by atoms with Crippen molar-refractivity contribution in [1.82, 2.24) is 4.98 Å². The number of carbonyl (C=O) groups is 1. The van der Waals surface area contributed by atoms with Crippen molar-refractivity contribution >= 4 is 22.5 Å². The molecule has 2 N–H and O–H groups in total. The van der Waals surface area contributed by atoms with E-state index in [1.165, 1.54) is 0 Å². The average molecular weight is 280 g/mol. The third kappa shape index (κ3) is 2.74. The van der Waals surface area contributed by atoms with E-state index in [4.69, 9.17) is 4.74 Å². The van der Waals surface area contributed by atoms with Gasteiger partial charge in [-0.25, -0.2) is 0 Å². The van der Waals surface area contributed by atoms with Gasteiger partial charge in [0, 0.05) is 17.1 Å². The molecule has 0 saturated carbocycles. The van der Waals surface area contributed by atoms with Crippen LogP contribution >= 0.6 is 0 Å². The number of anilines is 1. The summed E-state index contributed by atoms with van der Waals surface area (Å²) in [6.45, 7) is 0. The number of H-pyrrole nitrogens is 1. The Balaban J connectivity index is 1.77. The van der Waals surface area contributed by atoms with Gasteiger partial charge in [0.15, 0.2) is 0 Å². The van der Waals surface area contributed by atoms with Crippen molar-refractivity contribution in [2.24, 2.45) is 0 Å². The highest BCUT2D eigenvalue weighted by Gasteiger charge is 2.10. The Morgan fingerprint density at radius 3 is 2.76 bits per heavy atom. The van der Waals surface area contributed by atoms with Gasteiger partial charge in [0.25, 0.3) is 0 Å². The van der Waals surface area contributed by atoms with E-state index < -0.39 is 0 Å². The van der Waals surface area contributed by atoms with Gasteiger partial charge in [-0.05, 0) is 23.8 Å². The molecule has 0 atom stereocenters. The Labute approximate surface area is 122 Å². The van der Waals surface area contributed by atoms with Crippen LogP contribution in [0.5, 0.6) is 5.75 Å². The number of para-hydroxylation sites is 3. The summed E-state index contributed by atoms with van der Waals surface area (Å²) in [6, 6.07) is 15.3. The molecule has 3 rings (SSSR count). The third-order valence-electron chi connectivity index (χ3n) is 3.41. The van der Waals surface area contributed by atoms with Crippen LogP contribution in [0.15, 0.2) is 54.7 Å². The van der Waals surface area contributed by atoms with Crippen molar-refractivity contribution in [3.8, 4) is 5.75 Å². The summed E-state index contributed by atoms with van der Waals surface area (Å²) in [5.74, 6) is 0.592. The number of nitrogens with one attached hydrogen (secondary N) is 2. The SMILES string of the molecule is COc1ccccc1NC(=O)Cc1c[nH]c2ccccc12. The van der Waals surface area contributed by atoms with Gasteiger partial charge >= 0.3 is 0 Å². The zero-order chi connectivity index (χ0) is 14.7. The second-order valence-corrected chi connectivity index (χ2v) is 4.78. The zero-order valence-corrected chi connectivity index (χ0v) is 11.7. The Morgan fingerprint density at radius 2 is 1.90 bits per heavy atom. The number of rotatable bonds is 4. The summed E-state index contributed by atoms with van der Waals surface area (Å²) in [4.78, 5) is 15.4. The predicted molar refractivity (Wildman–Crippen MR) is 83.6 cm³/mol. The number of hydrogen-bond donors (Lipinski definition) is 2. The van der Waals surface area contributed by atoms with E-state index in [-0.39, 0.29) is 5.91 Å². The molecule has 0 saturated heterocycles. The number of benzene rings is 2. The zero-order valence-electron chi connectivity index (χ0n) is 11.7. The highest BCUT2D eigenvalue weighted by molar-refractivity contribution is 5.96. The van der Waals surface area contributed by atoms with Crippen LogP contribution in [0.3, 0.4) is 0 Å². The fourth-order valence-electron chi connectivity index (χ4n) is 2.39. The lowest BCUT2D eigenvalue weighted by Crippen LogP contribution is -2.14. The number of carbonyl (C=O) groups excluding carboxylic acids is 1. The van der Waals surface area contributed by atoms with E-state index >= 15 is 0 Å². The minimum Gasteiger partial charge on any atom is -0.495 e. The maximum atomic E-state index is 12.2. The van der Waals surface area contributed by atoms with Crippen molar-refractivity contribution in [3.63, 3.8) is 0 Å². The number of aromatic amines is 1. The smallest absolute Gasteiger partial charge is 0.228 e. The van der Waals surface area contributed by atoms with Gasteiger partial charge < -0.3 is 15.0 Å². The summed E-state index contributed by atoms with van der Waals surface area (Å²) in [6.07, 6.45) is 2.20. The molecule has 0 aliphatic rings. The predicted octanol–water partition coefficient (Wildman–Crippen LogP) is 3.36. The van der Waals surface area contributed by atoms with E-state index in [0.717, 1.165) is 16.5 Å². The molecule has 0 bridgehead atoms. The maximum absolute atomic E-state index is 12.2. The summed E-state index contributed by atoms with van der Waals surface area (Å²) in [7, 11) is 1.59. The molecule has 0 aliphatic carbocycles. The quantitative estimate of drug-likeness (QED) is 0.770. The lowest BCUT2D eigenvalue weighted by Gasteiger charge is -2.09. The van der Waals surface area contributed by atoms with Gasteiger partial charge in [-0.2, -0.15) is 0 Å². The first-order valence-corrected chi connectivity index (χ1v) is 6.76. The van der Waals surface area contributed by atoms with Gasteiger partial charge in [0.1, 0.15) is 5.75 Å². The molecular formula is C17H16N2O2. The minimum atomic E-state index is -0.0655. The van der Waals surface area contributed by atoms with E-state index in [0.29, 0.717) is 17.9 Å². The Hall–Kier alpha value is -2.75. The molecule has 1 amide bonds. The van der Waals surface area contributed by atoms with Crippen LogP contribution in [0.25, 0.3) is 10.9 Å². The molecule has 1 heterocycles. The highest BCUT2D eigenvalue weighted by atomic mass is 16.5. The molecule has 0 radical (unpaired) electrons. The Kier molecular flexibility index (Phi) is 3.60. The van der Waals surface area contributed by atoms with Gasteiger partial charge in [-0.1, -0.05) is 30.3 Å². The first-order valence-electron chi connectivity index (χ1n) is 6.76. The van der Waals surface area contributed by atoms with Crippen LogP contribution in [-0.4, -0.2) is 18.0 Å². The molecule has 0 aliphatic heterocycles. The van der Waals surface area contributed by atoms with Crippen LogP contribution in [0.1, 0.15) is 5.56 Å². The van der Waals surface area contributed by atoms with Crippen LogP contribution < -0.4 is 10.1 Å². The van der Waals surface area contributed by atoms with Crippen molar-refractivity contribution in [2.75, 3.05) is 12.4 Å². The molecule has 106 valence electrons. The topological polar surface area (TPSA) is 54.1 Å². The molecule has 4 heteroatoms. The number of methoxy groups -OCH3 is 1. The van der Waals surface area contributed by atoms with E-state index in [9.17, 15) is 4.79 Å². The van der Waals surface area contributed by atoms with Crippen LogP contribution in [0, 0.1) is 0 Å². The fourth-order valence-corrected chi connectivity index (χ4v) is 2.39. The van der Waals surface area contributed by atoms with Crippen LogP contribution in [0.2, 0.25) is 0 Å². The normalized spacial score (nSPS) is 10.5. The van der Waals surface area contributed by atoms with Gasteiger partial charge in [-0.15, -0.1) is 0 Å². The molecule has 3 aromatic rings. The van der Waals surface area contributed by atoms with Gasteiger partial charge in [0.2, 0.25) is 5.91 Å². The lowest BCUT2D eigenvalue weighted by atomic mass is 10.1. The molecule has 1 aromatic heterocycles. The molecule has 0 spiro atoms. The summed E-state index contributed by atoms with van der Waals surface area (Å²) < 4.78 is 5.23. The summed E-state index contributed by atoms with van der Waals surface area (Å²) >= 11 is 0. The average Bonchev–Trinajstić information content (AvgIpc) is 2.91. The minimum absolute atomic E-state index is 0.0655. The van der Waals surface area contributed by atoms with Crippen molar-refractivity contribution in [2.45, 2.75) is 6.42 Å². The largest absolute Gasteiger partial charge is 0.495 e. The number of ether oxygens (including phenoxy) is 1. The lowest BCUT2D eigenvalue weighted by molar-refractivity contribution is -0.115. The third-order valence-corrected chi connectivity index (χ3v) is 3.41. The van der Waals surface area contributed by atoms with E-state index in [2.05, 4.69) is 10.3 Å². The van der Waals surface area contributed by atoms with Crippen LogP contribution in [-0.2, 0) is 11.2 Å². The van der Waals surface area contributed by atoms with Crippen molar-refractivity contribution in [3.05, 3.63) is 60.3 Å². The van der Waals surface area contributed by atoms with E-state index in [1.54, 1.807) is 7.11 Å². The van der Waals surface area contributed by atoms with Gasteiger partial charge in [0.05, 0.1) is 19.2 Å². The summed E-state index contributed by atoms with van der Waals surface area (Å²) in [5, 5.41) is 3.96. The monoisotopic (exact) mass is 280 g/mol. The first-order chi connectivity index (χ1) is 10.3. The van der Waals surface area contributed by atoms with Gasteiger partial charge in [-0.3, -0.25) is 4.79 Å². The number of hydrogen-bond acceptors (Lipinski definition) is 2. The maximum Gasteiger partial charge on any atom is 0.228 e. The number of amides is 1. The second kappa shape index (κ2) is 5.71. The summed E-state index contributed by atoms with van der Waals surface area (Å²) in [5.41, 5.74) is 2.71. The van der Waals surface area contributed by atoms with Crippen molar-refractivity contribution < 1.29 is 9.53 Å². The first kappa shape index (κ1) is 13.2. The molecule has 0 unspecified atom stereocenters. The fraction of sp³-hybridized carbons (Fsp3) is 0.118. The molecule has 21 heavy (non-hydrogen) atoms. The molecule has 0 fully saturated rings. The molecular weight excluding hydrogens is 264 g/mol.